The summed E-state index contributed by atoms with van der Waals surface area (Å²) in [4.78, 5) is 81.7. The molecule has 2 unspecified atom stereocenters. The zero-order chi connectivity index (χ0) is 81.8. The highest BCUT2D eigenvalue weighted by atomic mass is 35.5. The number of halogens is 2. The van der Waals surface area contributed by atoms with Crippen LogP contribution in [0, 0.1) is 0 Å². The largest absolute Gasteiger partial charge is 0.390 e. The highest BCUT2D eigenvalue weighted by molar-refractivity contribution is 6.28. The molecule has 4 fully saturated rings. The number of hydrogen-bond donors (Lipinski definition) is 7. The van der Waals surface area contributed by atoms with Crippen LogP contribution in [0.15, 0.2) is 48.5 Å². The summed E-state index contributed by atoms with van der Waals surface area (Å²) in [6.45, 7) is 43.2. The molecule has 12 heterocycles. The average Bonchev–Trinajstić information content (AvgIpc) is 1.63. The minimum Gasteiger partial charge on any atom is -0.390 e. The Labute approximate surface area is 672 Å². The van der Waals surface area contributed by atoms with Crippen molar-refractivity contribution < 1.29 is 67.6 Å². The number of morpholine rings is 4. The molecule has 0 spiro atoms. The van der Waals surface area contributed by atoms with Crippen LogP contribution in [0.25, 0.3) is 22.8 Å². The first kappa shape index (κ1) is 86.2. The molecule has 32 heteroatoms. The molecule has 0 bridgehead atoms. The molecule has 14 rings (SSSR count). The lowest BCUT2D eigenvalue weighted by molar-refractivity contribution is -0.124. The van der Waals surface area contributed by atoms with Gasteiger partial charge in [-0.15, -0.1) is 0 Å². The van der Waals surface area contributed by atoms with Crippen LogP contribution in [0.1, 0.15) is 188 Å². The number of nitrogens with zero attached hydrogens (tertiary/aromatic N) is 12. The zero-order valence-corrected chi connectivity index (χ0v) is 70.0. The van der Waals surface area contributed by atoms with Gasteiger partial charge in [-0.05, 0) is 189 Å². The quantitative estimate of drug-likeness (QED) is 0.0393. The number of ketones is 1. The molecule has 6 aromatic rings. The first-order valence-electron chi connectivity index (χ1n) is 39.2. The predicted molar refractivity (Wildman–Crippen MR) is 432 cm³/mol. The van der Waals surface area contributed by atoms with Gasteiger partial charge in [0.1, 0.15) is 51.5 Å². The topological polar surface area (TPSA) is 350 Å². The van der Waals surface area contributed by atoms with Crippen molar-refractivity contribution in [2.24, 2.45) is 0 Å². The molecular weight excluding hydrogens is 1490 g/mol. The lowest BCUT2D eigenvalue weighted by atomic mass is 9.87. The van der Waals surface area contributed by atoms with Crippen molar-refractivity contribution in [3.63, 3.8) is 0 Å². The van der Waals surface area contributed by atoms with Gasteiger partial charge in [0, 0.05) is 110 Å². The van der Waals surface area contributed by atoms with Crippen molar-refractivity contribution in [2.45, 2.75) is 233 Å². The fourth-order valence-corrected chi connectivity index (χ4v) is 16.6. The third-order valence-electron chi connectivity index (χ3n) is 21.0. The van der Waals surface area contributed by atoms with Crippen LogP contribution in [0.4, 0.5) is 44.2 Å². The first-order valence-corrected chi connectivity index (χ1v) is 39.9. The molecule has 0 saturated carbocycles. The van der Waals surface area contributed by atoms with Gasteiger partial charge in [-0.25, -0.2) is 49.5 Å². The Morgan fingerprint density at radius 1 is 0.442 bits per heavy atom. The van der Waals surface area contributed by atoms with Crippen molar-refractivity contribution in [2.75, 3.05) is 122 Å². The van der Waals surface area contributed by atoms with Crippen LogP contribution < -0.4 is 40.9 Å². The van der Waals surface area contributed by atoms with E-state index in [4.69, 9.17) is 81.0 Å². The zero-order valence-electron chi connectivity index (χ0n) is 68.4. The van der Waals surface area contributed by atoms with Gasteiger partial charge in [0.05, 0.1) is 143 Å². The summed E-state index contributed by atoms with van der Waals surface area (Å²) in [5.74, 6) is 4.59. The van der Waals surface area contributed by atoms with E-state index in [0.717, 1.165) is 106 Å². The molecule has 4 amide bonds. The van der Waals surface area contributed by atoms with Crippen molar-refractivity contribution in [1.29, 1.82) is 0 Å². The molecule has 8 atom stereocenters. The van der Waals surface area contributed by atoms with Crippen molar-refractivity contribution in [3.05, 3.63) is 104 Å². The number of hydrogen-bond acceptors (Lipinski definition) is 26. The fourth-order valence-electron chi connectivity index (χ4n) is 16.3. The molecule has 0 radical (unpaired) electrons. The summed E-state index contributed by atoms with van der Waals surface area (Å²) in [6, 6.07) is 15.2. The van der Waals surface area contributed by atoms with E-state index in [0.29, 0.717) is 135 Å². The highest BCUT2D eigenvalue weighted by Crippen LogP contribution is 2.49. The van der Waals surface area contributed by atoms with Crippen LogP contribution in [-0.2, 0) is 91.5 Å². The van der Waals surface area contributed by atoms with Gasteiger partial charge in [-0.2, -0.15) is 0 Å². The van der Waals surface area contributed by atoms with E-state index in [9.17, 15) is 29.7 Å². The number of urea groups is 2. The number of aromatic nitrogens is 8. The van der Waals surface area contributed by atoms with E-state index >= 15 is 0 Å². The van der Waals surface area contributed by atoms with Crippen LogP contribution in [0.2, 0.25) is 10.6 Å². The smallest absolute Gasteiger partial charge is 0.319 e. The standard InChI is InChI=1S/2C25H35N5O4.C16H24ClN3O3.C15H20ClN3O3/c2*1-6-26-23(31)27-18-9-7-17(8-10-18)21-28-20-19(14-34-25(20,5)15-24(3,4)32)22(29-21)30-11-12-33-13-16(30)2;1-10-7-22-6-5-20(10)13-11-8-23-16(4,9-15(2,3)21)12(11)18-14(17)19-13;1-9-7-21-5-4-19(9)13-11-8-22-15(3,6-10(2)20)12(11)17-14(16)18-13/h2*7-10,16,32H,6,11-15H2,1-5H3,(H2,26,27,31);10,21H,5-9H2,1-4H3;9H,4-8H2,1-3H3/t16-,25+;16-,25-;10-,16?;9-,15?/m0000/s1. The molecule has 30 nitrogen and oxygen atoms in total. The second-order valence-corrected chi connectivity index (χ2v) is 33.9. The van der Waals surface area contributed by atoms with Gasteiger partial charge < -0.3 is 94.1 Å². The molecule has 7 N–H and O–H groups in total. The number of carbonyl (C=O) groups excluding carboxylic acids is 3. The molecule has 113 heavy (non-hydrogen) atoms. The number of benzene rings is 2. The minimum absolute atomic E-state index is 0.0615. The lowest BCUT2D eigenvalue weighted by Gasteiger charge is -2.35. The number of nitrogens with one attached hydrogen (secondary N) is 4. The van der Waals surface area contributed by atoms with Crippen molar-refractivity contribution >= 4 is 75.7 Å². The van der Waals surface area contributed by atoms with Crippen molar-refractivity contribution in [1.82, 2.24) is 50.5 Å². The summed E-state index contributed by atoms with van der Waals surface area (Å²) < 4.78 is 46.7. The summed E-state index contributed by atoms with van der Waals surface area (Å²) in [6.07, 6.45) is 1.55. The molecule has 2 aromatic carbocycles. The van der Waals surface area contributed by atoms with Crippen molar-refractivity contribution in [3.8, 4) is 22.8 Å². The van der Waals surface area contributed by atoms with Gasteiger partial charge in [-0.1, -0.05) is 0 Å². The summed E-state index contributed by atoms with van der Waals surface area (Å²) in [5, 5.41) is 42.8. The molecule has 8 aliphatic rings. The number of fused-ring (bicyclic) bond motifs is 4. The first-order chi connectivity index (χ1) is 53.3. The monoisotopic (exact) mass is 1600 g/mol. The van der Waals surface area contributed by atoms with E-state index in [1.807, 2.05) is 90.1 Å². The molecule has 4 saturated heterocycles. The van der Waals surface area contributed by atoms with Gasteiger partial charge >= 0.3 is 12.1 Å². The average molecular weight is 1610 g/mol. The number of anilines is 6. The van der Waals surface area contributed by atoms with Crippen LogP contribution in [0.5, 0.6) is 0 Å². The van der Waals surface area contributed by atoms with E-state index < -0.39 is 39.2 Å². The Hall–Kier alpha value is -7.69. The van der Waals surface area contributed by atoms with E-state index in [1.165, 1.54) is 0 Å². The minimum atomic E-state index is -0.916. The van der Waals surface area contributed by atoms with Gasteiger partial charge in [0.2, 0.25) is 10.6 Å². The second kappa shape index (κ2) is 35.4. The van der Waals surface area contributed by atoms with Gasteiger partial charge in [0.25, 0.3) is 0 Å². The normalized spacial score (nSPS) is 24.6. The Bertz CT molecular complexity index is 4190. The Morgan fingerprint density at radius 3 is 0.991 bits per heavy atom. The Morgan fingerprint density at radius 2 is 0.717 bits per heavy atom. The van der Waals surface area contributed by atoms with Crippen LogP contribution in [-0.4, -0.2) is 206 Å². The van der Waals surface area contributed by atoms with Crippen LogP contribution >= 0.6 is 23.2 Å². The summed E-state index contributed by atoms with van der Waals surface area (Å²) in [7, 11) is 0. The van der Waals surface area contributed by atoms with Gasteiger partial charge in [0.15, 0.2) is 11.6 Å². The third-order valence-corrected chi connectivity index (χ3v) is 21.3. The molecule has 0 aliphatic carbocycles. The van der Waals surface area contributed by atoms with Crippen LogP contribution in [0.3, 0.4) is 0 Å². The summed E-state index contributed by atoms with van der Waals surface area (Å²) >= 11 is 12.3. The molecular formula is C81H114Cl2N16O14. The van der Waals surface area contributed by atoms with E-state index in [-0.39, 0.29) is 59.0 Å². The maximum absolute atomic E-state index is 11.8. The second-order valence-electron chi connectivity index (χ2n) is 33.2. The SMILES string of the molecule is CC(=O)CC1(C)OCc2c(N3CCOC[C@@H]3C)nc(Cl)nc21.CCNC(=O)Nc1ccc(-c2nc(N3CCOC[C@@H]3C)c3c(n2)[C@@](C)(CC(C)(C)O)OC3)cc1.CCNC(=O)Nc1ccc(-c2nc(N3CCOC[C@@H]3C)c3c(n2)[C@](C)(CC(C)(C)O)OC3)cc1.C[C@H]1COCCN1c1nc(Cl)nc2c1COC2(C)CC(C)(C)O. The number of Topliss-reactive ketones (excluding diaryl/α,β-unsaturated/α-hetero) is 1. The summed E-state index contributed by atoms with van der Waals surface area (Å²) in [5.41, 5.74) is 4.51. The maximum atomic E-state index is 11.8. The molecule has 8 aliphatic heterocycles. The van der Waals surface area contributed by atoms with E-state index in [1.54, 1.807) is 48.5 Å². The number of aliphatic hydroxyl groups is 3. The Balaban J connectivity index is 0.000000152. The van der Waals surface area contributed by atoms with E-state index in [2.05, 4.69) is 88.5 Å². The Kier molecular flexibility index (Phi) is 27.0. The number of carbonyl (C=O) groups is 3. The number of ether oxygens (including phenoxy) is 8. The number of rotatable bonds is 18. The third kappa shape index (κ3) is 20.8. The molecule has 4 aromatic heterocycles. The number of amides is 4. The maximum Gasteiger partial charge on any atom is 0.319 e. The molecule has 616 valence electrons. The lowest BCUT2D eigenvalue weighted by Crippen LogP contribution is -2.44. The predicted octanol–water partition coefficient (Wildman–Crippen LogP) is 11.2. The fraction of sp³-hybridized carbons (Fsp3) is 0.617. The highest BCUT2D eigenvalue weighted by Gasteiger charge is 2.49. The van der Waals surface area contributed by atoms with Gasteiger partial charge in [-0.3, -0.25) is 4.79 Å².